The monoisotopic (exact) mass is 414 g/mol. The third-order valence-electron chi connectivity index (χ3n) is 3.74. The lowest BCUT2D eigenvalue weighted by Crippen LogP contribution is -2.41. The van der Waals surface area contributed by atoms with Crippen molar-refractivity contribution in [1.29, 1.82) is 0 Å². The van der Waals surface area contributed by atoms with E-state index in [1.54, 1.807) is 6.07 Å². The summed E-state index contributed by atoms with van der Waals surface area (Å²) in [6.45, 7) is 0. The lowest BCUT2D eigenvalue weighted by atomic mass is 10.2. The van der Waals surface area contributed by atoms with Gasteiger partial charge in [-0.2, -0.15) is 0 Å². The van der Waals surface area contributed by atoms with Gasteiger partial charge in [0.1, 0.15) is 5.82 Å². The summed E-state index contributed by atoms with van der Waals surface area (Å²) in [5, 5.41) is 0. The molecular weight excluding hydrogens is 399 g/mol. The number of benzene rings is 2. The first kappa shape index (κ1) is 20.0. The fraction of sp³-hybridized carbons (Fsp3) is 0. The zero-order valence-corrected chi connectivity index (χ0v) is 15.6. The molecule has 0 atom stereocenters. The predicted octanol–water partition coefficient (Wildman–Crippen LogP) is 2.10. The number of hydrogen-bond donors (Lipinski definition) is 3. The molecule has 0 aliphatic rings. The molecule has 0 spiro atoms. The van der Waals surface area contributed by atoms with E-state index in [0.717, 1.165) is 12.1 Å². The fourth-order valence-electron chi connectivity index (χ4n) is 2.27. The lowest BCUT2D eigenvalue weighted by Gasteiger charge is -2.10. The quantitative estimate of drug-likeness (QED) is 0.553. The Balaban J connectivity index is 1.63. The zero-order chi connectivity index (χ0) is 20.9. The first-order valence-corrected chi connectivity index (χ1v) is 9.73. The van der Waals surface area contributed by atoms with Gasteiger partial charge >= 0.3 is 0 Å². The van der Waals surface area contributed by atoms with Crippen LogP contribution >= 0.6 is 0 Å². The Morgan fingerprint density at radius 1 is 0.828 bits per heavy atom. The third-order valence-corrected chi connectivity index (χ3v) is 5.13. The number of hydrogen-bond acceptors (Lipinski definition) is 5. The Morgan fingerprint density at radius 3 is 2.03 bits per heavy atom. The SMILES string of the molecule is O=C(NNC(=O)c1cccnc1)c1ccc(S(=O)(=O)Nc2ccc(F)cc2)cc1. The molecule has 0 aliphatic heterocycles. The topological polar surface area (TPSA) is 117 Å². The Labute approximate surface area is 165 Å². The van der Waals surface area contributed by atoms with Gasteiger partial charge in [-0.25, -0.2) is 12.8 Å². The molecule has 1 aromatic heterocycles. The Bertz CT molecular complexity index is 1120. The molecule has 0 unspecified atom stereocenters. The van der Waals surface area contributed by atoms with Crippen LogP contribution in [-0.4, -0.2) is 25.2 Å². The Hall–Kier alpha value is -3.79. The molecule has 8 nitrogen and oxygen atoms in total. The van der Waals surface area contributed by atoms with Gasteiger partial charge in [-0.3, -0.25) is 30.1 Å². The number of pyridine rings is 1. The van der Waals surface area contributed by atoms with E-state index < -0.39 is 27.7 Å². The molecule has 2 amide bonds. The first-order valence-electron chi connectivity index (χ1n) is 8.24. The molecule has 3 N–H and O–H groups in total. The molecule has 0 saturated heterocycles. The number of carbonyl (C=O) groups is 2. The highest BCUT2D eigenvalue weighted by Gasteiger charge is 2.16. The summed E-state index contributed by atoms with van der Waals surface area (Å²) in [6.07, 6.45) is 2.85. The van der Waals surface area contributed by atoms with Crippen LogP contribution in [0.5, 0.6) is 0 Å². The van der Waals surface area contributed by atoms with Crippen LogP contribution in [0, 0.1) is 5.82 Å². The van der Waals surface area contributed by atoms with Crippen molar-refractivity contribution in [2.24, 2.45) is 0 Å². The second-order valence-electron chi connectivity index (χ2n) is 5.79. The minimum Gasteiger partial charge on any atom is -0.280 e. The Kier molecular flexibility index (Phi) is 5.84. The van der Waals surface area contributed by atoms with Crippen molar-refractivity contribution in [3.63, 3.8) is 0 Å². The zero-order valence-electron chi connectivity index (χ0n) is 14.8. The fourth-order valence-corrected chi connectivity index (χ4v) is 3.33. The largest absolute Gasteiger partial charge is 0.280 e. The summed E-state index contributed by atoms with van der Waals surface area (Å²) in [5.41, 5.74) is 5.07. The van der Waals surface area contributed by atoms with E-state index in [9.17, 15) is 22.4 Å². The van der Waals surface area contributed by atoms with Crippen molar-refractivity contribution in [3.05, 3.63) is 90.0 Å². The van der Waals surface area contributed by atoms with Gasteiger partial charge in [-0.1, -0.05) is 0 Å². The van der Waals surface area contributed by atoms with E-state index in [2.05, 4.69) is 20.6 Å². The van der Waals surface area contributed by atoms with Crippen LogP contribution in [0.2, 0.25) is 0 Å². The Morgan fingerprint density at radius 2 is 1.45 bits per heavy atom. The van der Waals surface area contributed by atoms with Gasteiger partial charge in [0.05, 0.1) is 10.5 Å². The van der Waals surface area contributed by atoms with Gasteiger partial charge in [0.25, 0.3) is 21.8 Å². The van der Waals surface area contributed by atoms with Crippen LogP contribution in [0.4, 0.5) is 10.1 Å². The molecule has 1 heterocycles. The van der Waals surface area contributed by atoms with E-state index in [-0.39, 0.29) is 21.7 Å². The van der Waals surface area contributed by atoms with E-state index in [0.29, 0.717) is 0 Å². The summed E-state index contributed by atoms with van der Waals surface area (Å²) in [5.74, 6) is -1.66. The number of sulfonamides is 1. The van der Waals surface area contributed by atoms with Crippen LogP contribution < -0.4 is 15.6 Å². The summed E-state index contributed by atoms with van der Waals surface area (Å²) in [4.78, 5) is 27.7. The third kappa shape index (κ3) is 5.14. The van der Waals surface area contributed by atoms with Crippen molar-refractivity contribution in [2.75, 3.05) is 4.72 Å². The molecule has 0 fully saturated rings. The minimum absolute atomic E-state index is 0.0854. The van der Waals surface area contributed by atoms with Crippen LogP contribution in [0.25, 0.3) is 0 Å². The maximum atomic E-state index is 12.9. The van der Waals surface area contributed by atoms with Crippen molar-refractivity contribution in [2.45, 2.75) is 4.90 Å². The first-order chi connectivity index (χ1) is 13.8. The van der Waals surface area contributed by atoms with Gasteiger partial charge < -0.3 is 0 Å². The van der Waals surface area contributed by atoms with Gasteiger partial charge in [-0.15, -0.1) is 0 Å². The second-order valence-corrected chi connectivity index (χ2v) is 7.47. The highest BCUT2D eigenvalue weighted by molar-refractivity contribution is 7.92. The van der Waals surface area contributed by atoms with E-state index in [4.69, 9.17) is 0 Å². The number of anilines is 1. The number of amides is 2. The smallest absolute Gasteiger partial charge is 0.271 e. The minimum atomic E-state index is -3.91. The molecule has 0 saturated carbocycles. The van der Waals surface area contributed by atoms with Crippen LogP contribution in [0.1, 0.15) is 20.7 Å². The summed E-state index contributed by atoms with van der Waals surface area (Å²) in [6, 6.07) is 13.0. The van der Waals surface area contributed by atoms with Crippen molar-refractivity contribution < 1.29 is 22.4 Å². The second kappa shape index (κ2) is 8.48. The summed E-state index contributed by atoms with van der Waals surface area (Å²) < 4.78 is 40.0. The maximum Gasteiger partial charge on any atom is 0.271 e. The number of rotatable bonds is 5. The average molecular weight is 414 g/mol. The molecule has 3 rings (SSSR count). The molecule has 0 aliphatic carbocycles. The lowest BCUT2D eigenvalue weighted by molar-refractivity contribution is 0.0846. The molecule has 0 radical (unpaired) electrons. The van der Waals surface area contributed by atoms with Crippen molar-refractivity contribution >= 4 is 27.5 Å². The van der Waals surface area contributed by atoms with Gasteiger partial charge in [-0.05, 0) is 60.7 Å². The molecule has 29 heavy (non-hydrogen) atoms. The maximum absolute atomic E-state index is 12.9. The molecular formula is C19H15FN4O4S. The van der Waals surface area contributed by atoms with Gasteiger partial charge in [0, 0.05) is 23.6 Å². The number of carbonyl (C=O) groups excluding carboxylic acids is 2. The van der Waals surface area contributed by atoms with Crippen LogP contribution in [-0.2, 0) is 10.0 Å². The van der Waals surface area contributed by atoms with Crippen molar-refractivity contribution in [1.82, 2.24) is 15.8 Å². The average Bonchev–Trinajstić information content (AvgIpc) is 2.74. The van der Waals surface area contributed by atoms with E-state index >= 15 is 0 Å². The molecule has 148 valence electrons. The highest BCUT2D eigenvalue weighted by Crippen LogP contribution is 2.17. The van der Waals surface area contributed by atoms with Crippen LogP contribution in [0.3, 0.4) is 0 Å². The van der Waals surface area contributed by atoms with Gasteiger partial charge in [0.2, 0.25) is 0 Å². The number of nitrogens with zero attached hydrogens (tertiary/aromatic N) is 1. The number of aromatic nitrogens is 1. The number of nitrogens with one attached hydrogen (secondary N) is 3. The van der Waals surface area contributed by atoms with Crippen LogP contribution in [0.15, 0.2) is 78.0 Å². The number of hydrazine groups is 1. The molecule has 3 aromatic rings. The molecule has 0 bridgehead atoms. The summed E-state index contributed by atoms with van der Waals surface area (Å²) in [7, 11) is -3.91. The predicted molar refractivity (Wildman–Crippen MR) is 103 cm³/mol. The van der Waals surface area contributed by atoms with E-state index in [1.165, 1.54) is 54.9 Å². The molecule has 2 aromatic carbocycles. The standard InChI is InChI=1S/C19H15FN4O4S/c20-15-5-7-16(8-6-15)24-29(27,28)17-9-3-13(4-10-17)18(25)22-23-19(26)14-2-1-11-21-12-14/h1-12,24H,(H,22,25)(H,23,26). The van der Waals surface area contributed by atoms with Crippen molar-refractivity contribution in [3.8, 4) is 0 Å². The normalized spacial score (nSPS) is 10.8. The highest BCUT2D eigenvalue weighted by atomic mass is 32.2. The molecule has 10 heteroatoms. The summed E-state index contributed by atoms with van der Waals surface area (Å²) >= 11 is 0. The van der Waals surface area contributed by atoms with E-state index in [1.807, 2.05) is 0 Å². The number of halogens is 1. The van der Waals surface area contributed by atoms with Gasteiger partial charge in [0.15, 0.2) is 0 Å².